The molecule has 6 heteroatoms. The highest BCUT2D eigenvalue weighted by Crippen LogP contribution is 2.23. The molecule has 1 unspecified atom stereocenters. The van der Waals surface area contributed by atoms with Gasteiger partial charge < -0.3 is 19.7 Å². The molecule has 0 radical (unpaired) electrons. The third-order valence-corrected chi connectivity index (χ3v) is 5.57. The zero-order chi connectivity index (χ0) is 18.5. The average molecular weight is 361 g/mol. The normalized spacial score (nSPS) is 20.7. The van der Waals surface area contributed by atoms with Crippen LogP contribution in [0.15, 0.2) is 18.2 Å². The van der Waals surface area contributed by atoms with Gasteiger partial charge in [0.05, 0.1) is 26.4 Å². The van der Waals surface area contributed by atoms with E-state index in [9.17, 15) is 4.79 Å². The molecule has 1 aromatic carbocycles. The fourth-order valence-electron chi connectivity index (χ4n) is 3.91. The Morgan fingerprint density at radius 2 is 1.92 bits per heavy atom. The molecular weight excluding hydrogens is 330 g/mol. The lowest BCUT2D eigenvalue weighted by Crippen LogP contribution is -2.52. The summed E-state index contributed by atoms with van der Waals surface area (Å²) >= 11 is 0. The van der Waals surface area contributed by atoms with Crippen LogP contribution in [0.25, 0.3) is 0 Å². The molecule has 144 valence electrons. The standard InChI is InChI=1S/C20H31N3O3/c1-15-14-17(4-5-19(15)25-3)16(2)21-20(24)23-8-6-18(7-9-23)22-10-12-26-13-11-22/h4-5,14,16,18H,6-13H2,1-3H3,(H,21,24). The van der Waals surface area contributed by atoms with Crippen LogP contribution in [0.2, 0.25) is 0 Å². The van der Waals surface area contributed by atoms with Crippen LogP contribution >= 0.6 is 0 Å². The number of carbonyl (C=O) groups is 1. The number of amides is 2. The highest BCUT2D eigenvalue weighted by molar-refractivity contribution is 5.74. The summed E-state index contributed by atoms with van der Waals surface area (Å²) < 4.78 is 10.7. The molecule has 1 N–H and O–H groups in total. The Morgan fingerprint density at radius 1 is 1.23 bits per heavy atom. The maximum atomic E-state index is 12.6. The lowest BCUT2D eigenvalue weighted by Gasteiger charge is -2.40. The molecule has 1 atom stereocenters. The Balaban J connectivity index is 1.50. The number of nitrogens with zero attached hydrogens (tertiary/aromatic N) is 2. The first-order chi connectivity index (χ1) is 12.6. The van der Waals surface area contributed by atoms with E-state index in [1.807, 2.05) is 30.9 Å². The monoisotopic (exact) mass is 361 g/mol. The topological polar surface area (TPSA) is 54.0 Å². The predicted molar refractivity (Wildman–Crippen MR) is 102 cm³/mol. The van der Waals surface area contributed by atoms with Crippen LogP contribution in [0.4, 0.5) is 4.79 Å². The van der Waals surface area contributed by atoms with Gasteiger partial charge in [-0.05, 0) is 43.9 Å². The van der Waals surface area contributed by atoms with E-state index in [-0.39, 0.29) is 12.1 Å². The van der Waals surface area contributed by atoms with Crippen LogP contribution < -0.4 is 10.1 Å². The second-order valence-corrected chi connectivity index (χ2v) is 7.27. The first kappa shape index (κ1) is 19.0. The summed E-state index contributed by atoms with van der Waals surface area (Å²) in [7, 11) is 1.67. The van der Waals surface area contributed by atoms with Gasteiger partial charge >= 0.3 is 6.03 Å². The van der Waals surface area contributed by atoms with Crippen LogP contribution in [0.1, 0.15) is 36.9 Å². The van der Waals surface area contributed by atoms with Crippen molar-refractivity contribution in [2.45, 2.75) is 38.8 Å². The van der Waals surface area contributed by atoms with Crippen molar-refractivity contribution in [3.63, 3.8) is 0 Å². The zero-order valence-electron chi connectivity index (χ0n) is 16.2. The number of carbonyl (C=O) groups excluding carboxylic acids is 1. The Labute approximate surface area is 156 Å². The van der Waals surface area contributed by atoms with Crippen molar-refractivity contribution in [2.24, 2.45) is 0 Å². The molecule has 1 aromatic rings. The fourth-order valence-corrected chi connectivity index (χ4v) is 3.91. The number of ether oxygens (including phenoxy) is 2. The predicted octanol–water partition coefficient (Wildman–Crippen LogP) is 2.57. The molecule has 2 saturated heterocycles. The summed E-state index contributed by atoms with van der Waals surface area (Å²) in [5.74, 6) is 0.873. The van der Waals surface area contributed by atoms with E-state index >= 15 is 0 Å². The molecule has 0 aromatic heterocycles. The number of benzene rings is 1. The van der Waals surface area contributed by atoms with E-state index in [4.69, 9.17) is 9.47 Å². The molecule has 26 heavy (non-hydrogen) atoms. The fraction of sp³-hybridized carbons (Fsp3) is 0.650. The second kappa shape index (κ2) is 8.73. The highest BCUT2D eigenvalue weighted by Gasteiger charge is 2.28. The zero-order valence-corrected chi connectivity index (χ0v) is 16.2. The Hall–Kier alpha value is -1.79. The van der Waals surface area contributed by atoms with Gasteiger partial charge in [0.1, 0.15) is 5.75 Å². The summed E-state index contributed by atoms with van der Waals surface area (Å²) in [4.78, 5) is 17.1. The van der Waals surface area contributed by atoms with Gasteiger partial charge in [0, 0.05) is 32.2 Å². The van der Waals surface area contributed by atoms with Crippen molar-refractivity contribution in [2.75, 3.05) is 46.5 Å². The van der Waals surface area contributed by atoms with E-state index < -0.39 is 0 Å². The van der Waals surface area contributed by atoms with Gasteiger partial charge in [-0.25, -0.2) is 4.79 Å². The van der Waals surface area contributed by atoms with Gasteiger partial charge in [0.25, 0.3) is 0 Å². The quantitative estimate of drug-likeness (QED) is 0.896. The van der Waals surface area contributed by atoms with Crippen molar-refractivity contribution in [3.8, 4) is 5.75 Å². The molecule has 2 heterocycles. The van der Waals surface area contributed by atoms with Crippen molar-refractivity contribution in [3.05, 3.63) is 29.3 Å². The molecule has 0 spiro atoms. The first-order valence-corrected chi connectivity index (χ1v) is 9.60. The lowest BCUT2D eigenvalue weighted by atomic mass is 10.0. The lowest BCUT2D eigenvalue weighted by molar-refractivity contribution is 0.00374. The van der Waals surface area contributed by atoms with Crippen LogP contribution in [0, 0.1) is 6.92 Å². The molecule has 3 rings (SSSR count). The third kappa shape index (κ3) is 4.48. The molecule has 2 aliphatic heterocycles. The number of nitrogens with one attached hydrogen (secondary N) is 1. The maximum Gasteiger partial charge on any atom is 0.317 e. The van der Waals surface area contributed by atoms with Crippen LogP contribution in [-0.4, -0.2) is 68.4 Å². The van der Waals surface area contributed by atoms with E-state index in [2.05, 4.69) is 16.3 Å². The smallest absolute Gasteiger partial charge is 0.317 e. The Bertz CT molecular complexity index is 608. The number of hydrogen-bond donors (Lipinski definition) is 1. The van der Waals surface area contributed by atoms with Gasteiger partial charge in [-0.3, -0.25) is 4.90 Å². The largest absolute Gasteiger partial charge is 0.496 e. The van der Waals surface area contributed by atoms with Crippen LogP contribution in [0.5, 0.6) is 5.75 Å². The van der Waals surface area contributed by atoms with Crippen LogP contribution in [-0.2, 0) is 4.74 Å². The number of likely N-dealkylation sites (tertiary alicyclic amines) is 1. The van der Waals surface area contributed by atoms with E-state index in [0.29, 0.717) is 6.04 Å². The molecule has 2 fully saturated rings. The molecule has 2 amide bonds. The van der Waals surface area contributed by atoms with Gasteiger partial charge in [-0.15, -0.1) is 0 Å². The second-order valence-electron chi connectivity index (χ2n) is 7.27. The number of rotatable bonds is 4. The summed E-state index contributed by atoms with van der Waals surface area (Å²) in [5, 5.41) is 3.14. The number of piperidine rings is 1. The molecule has 6 nitrogen and oxygen atoms in total. The average Bonchev–Trinajstić information content (AvgIpc) is 2.68. The highest BCUT2D eigenvalue weighted by atomic mass is 16.5. The van der Waals surface area contributed by atoms with Crippen molar-refractivity contribution < 1.29 is 14.3 Å². The van der Waals surface area contributed by atoms with Gasteiger partial charge in [-0.2, -0.15) is 0 Å². The minimum Gasteiger partial charge on any atom is -0.496 e. The van der Waals surface area contributed by atoms with Crippen LogP contribution in [0.3, 0.4) is 0 Å². The van der Waals surface area contributed by atoms with E-state index in [1.54, 1.807) is 7.11 Å². The number of aryl methyl sites for hydroxylation is 1. The van der Waals surface area contributed by atoms with E-state index in [0.717, 1.165) is 69.1 Å². The number of urea groups is 1. The SMILES string of the molecule is COc1ccc(C(C)NC(=O)N2CCC(N3CCOCC3)CC2)cc1C. The van der Waals surface area contributed by atoms with Gasteiger partial charge in [0.2, 0.25) is 0 Å². The molecular formula is C20H31N3O3. The van der Waals surface area contributed by atoms with E-state index in [1.165, 1.54) is 0 Å². The van der Waals surface area contributed by atoms with Crippen molar-refractivity contribution in [1.29, 1.82) is 0 Å². The molecule has 0 bridgehead atoms. The van der Waals surface area contributed by atoms with Gasteiger partial charge in [-0.1, -0.05) is 12.1 Å². The Morgan fingerprint density at radius 3 is 2.54 bits per heavy atom. The van der Waals surface area contributed by atoms with Crippen molar-refractivity contribution >= 4 is 6.03 Å². The summed E-state index contributed by atoms with van der Waals surface area (Å²) in [6.45, 7) is 9.39. The van der Waals surface area contributed by atoms with Crippen molar-refractivity contribution in [1.82, 2.24) is 15.1 Å². The van der Waals surface area contributed by atoms with Gasteiger partial charge in [0.15, 0.2) is 0 Å². The summed E-state index contributed by atoms with van der Waals surface area (Å²) in [5.41, 5.74) is 2.18. The summed E-state index contributed by atoms with van der Waals surface area (Å²) in [6, 6.07) is 6.65. The molecule has 0 saturated carbocycles. The molecule has 0 aliphatic carbocycles. The minimum absolute atomic E-state index is 0.0240. The number of morpholine rings is 1. The third-order valence-electron chi connectivity index (χ3n) is 5.57. The summed E-state index contributed by atoms with van der Waals surface area (Å²) in [6.07, 6.45) is 2.09. The maximum absolute atomic E-state index is 12.6. The molecule has 2 aliphatic rings. The number of methoxy groups -OCH3 is 1. The Kier molecular flexibility index (Phi) is 6.38. The first-order valence-electron chi connectivity index (χ1n) is 9.60. The minimum atomic E-state index is -0.0240. The number of hydrogen-bond acceptors (Lipinski definition) is 4.